The van der Waals surface area contributed by atoms with E-state index in [9.17, 15) is 18.0 Å². The molecule has 0 fully saturated rings. The van der Waals surface area contributed by atoms with Crippen LogP contribution in [0.3, 0.4) is 0 Å². The number of rotatable bonds is 3. The summed E-state index contributed by atoms with van der Waals surface area (Å²) in [7, 11) is 0. The Balaban J connectivity index is 1.85. The van der Waals surface area contributed by atoms with Gasteiger partial charge in [0.1, 0.15) is 16.5 Å². The third-order valence-corrected chi connectivity index (χ3v) is 4.10. The van der Waals surface area contributed by atoms with E-state index in [4.69, 9.17) is 27.9 Å². The number of hydrogen-bond acceptors (Lipinski definition) is 3. The molecule has 0 aliphatic carbocycles. The minimum atomic E-state index is -4.45. The summed E-state index contributed by atoms with van der Waals surface area (Å²) in [5.41, 5.74) is -1.01. The topological polar surface area (TPSA) is 44.1 Å². The van der Waals surface area contributed by atoms with Crippen LogP contribution in [0.1, 0.15) is 5.56 Å². The fraction of sp³-hybridized carbons (Fsp3) is 0.0588. The van der Waals surface area contributed by atoms with E-state index in [-0.39, 0.29) is 15.8 Å². The van der Waals surface area contributed by atoms with Gasteiger partial charge in [0.05, 0.1) is 22.5 Å². The van der Waals surface area contributed by atoms with Gasteiger partial charge in [-0.05, 0) is 42.5 Å². The summed E-state index contributed by atoms with van der Waals surface area (Å²) in [6.45, 7) is 0. The number of nitrogens with zero attached hydrogens (tertiary/aromatic N) is 2. The van der Waals surface area contributed by atoms with Crippen molar-refractivity contribution in [2.45, 2.75) is 6.18 Å². The standard InChI is InChI=1S/C17H9Cl2F3N2O2/c18-14-9-23-24(16(25)15(14)19)11-4-6-12(7-5-11)26-13-3-1-2-10(8-13)17(20,21)22/h1-9H. The molecule has 0 aliphatic heterocycles. The Labute approximate surface area is 155 Å². The van der Waals surface area contributed by atoms with E-state index in [2.05, 4.69) is 5.10 Å². The molecule has 4 nitrogen and oxygen atoms in total. The lowest BCUT2D eigenvalue weighted by Crippen LogP contribution is -2.21. The molecule has 0 saturated carbocycles. The highest BCUT2D eigenvalue weighted by atomic mass is 35.5. The number of hydrogen-bond donors (Lipinski definition) is 0. The summed E-state index contributed by atoms with van der Waals surface area (Å²) in [5, 5.41) is 3.76. The molecular weight excluding hydrogens is 392 g/mol. The zero-order chi connectivity index (χ0) is 18.9. The number of benzene rings is 2. The van der Waals surface area contributed by atoms with Crippen LogP contribution in [0.5, 0.6) is 11.5 Å². The van der Waals surface area contributed by atoms with E-state index in [0.717, 1.165) is 16.8 Å². The van der Waals surface area contributed by atoms with Crippen molar-refractivity contribution in [1.29, 1.82) is 0 Å². The molecule has 1 heterocycles. The lowest BCUT2D eigenvalue weighted by molar-refractivity contribution is -0.137. The van der Waals surface area contributed by atoms with E-state index in [1.54, 1.807) is 0 Å². The van der Waals surface area contributed by atoms with Gasteiger partial charge in [0.2, 0.25) is 0 Å². The first-order chi connectivity index (χ1) is 12.3. The largest absolute Gasteiger partial charge is 0.457 e. The van der Waals surface area contributed by atoms with Crippen LogP contribution in [0.4, 0.5) is 13.2 Å². The molecule has 0 atom stereocenters. The second-order valence-corrected chi connectivity index (χ2v) is 5.93. The zero-order valence-electron chi connectivity index (χ0n) is 12.8. The highest BCUT2D eigenvalue weighted by Gasteiger charge is 2.30. The number of alkyl halides is 3. The molecule has 0 unspecified atom stereocenters. The smallest absolute Gasteiger partial charge is 0.416 e. The van der Waals surface area contributed by atoms with Crippen molar-refractivity contribution in [3.05, 3.63) is 80.7 Å². The van der Waals surface area contributed by atoms with Crippen molar-refractivity contribution in [2.75, 3.05) is 0 Å². The van der Waals surface area contributed by atoms with Crippen LogP contribution in [0.25, 0.3) is 5.69 Å². The fourth-order valence-electron chi connectivity index (χ4n) is 2.12. The Bertz CT molecular complexity index is 1000. The van der Waals surface area contributed by atoms with Gasteiger partial charge in [0.15, 0.2) is 0 Å². The Hall–Kier alpha value is -2.51. The first kappa shape index (κ1) is 18.3. The second-order valence-electron chi connectivity index (χ2n) is 5.14. The molecule has 0 aliphatic rings. The second kappa shape index (κ2) is 7.01. The minimum absolute atomic E-state index is 0.0393. The van der Waals surface area contributed by atoms with E-state index in [1.807, 2.05) is 0 Å². The Morgan fingerprint density at radius 3 is 2.35 bits per heavy atom. The molecule has 0 spiro atoms. The normalized spacial score (nSPS) is 11.4. The summed E-state index contributed by atoms with van der Waals surface area (Å²) in [6, 6.07) is 10.5. The summed E-state index contributed by atoms with van der Waals surface area (Å²) in [6.07, 6.45) is -3.22. The predicted octanol–water partition coefficient (Wildman–Crippen LogP) is 5.35. The van der Waals surface area contributed by atoms with Gasteiger partial charge in [-0.3, -0.25) is 4.79 Å². The molecule has 1 aromatic heterocycles. The predicted molar refractivity (Wildman–Crippen MR) is 91.4 cm³/mol. The number of ether oxygens (including phenoxy) is 1. The van der Waals surface area contributed by atoms with Gasteiger partial charge in [0.25, 0.3) is 5.56 Å². The Morgan fingerprint density at radius 2 is 1.69 bits per heavy atom. The van der Waals surface area contributed by atoms with E-state index in [0.29, 0.717) is 11.4 Å². The van der Waals surface area contributed by atoms with Gasteiger partial charge in [0, 0.05) is 0 Å². The quantitative estimate of drug-likeness (QED) is 0.595. The zero-order valence-corrected chi connectivity index (χ0v) is 14.3. The summed E-state index contributed by atoms with van der Waals surface area (Å²) in [4.78, 5) is 12.0. The molecule has 0 amide bonds. The van der Waals surface area contributed by atoms with Crippen LogP contribution in [-0.2, 0) is 6.18 Å². The summed E-state index contributed by atoms with van der Waals surface area (Å²) < 4.78 is 44.7. The van der Waals surface area contributed by atoms with Gasteiger partial charge in [-0.15, -0.1) is 0 Å². The molecule has 0 radical (unpaired) electrons. The third kappa shape index (κ3) is 3.84. The van der Waals surface area contributed by atoms with Gasteiger partial charge in [-0.2, -0.15) is 23.0 Å². The SMILES string of the molecule is O=c1c(Cl)c(Cl)cnn1-c1ccc(Oc2cccc(C(F)(F)F)c2)cc1. The van der Waals surface area contributed by atoms with Crippen LogP contribution >= 0.6 is 23.2 Å². The Kier molecular flexibility index (Phi) is 4.93. The Morgan fingerprint density at radius 1 is 1.00 bits per heavy atom. The van der Waals surface area contributed by atoms with E-state index >= 15 is 0 Å². The first-order valence-corrected chi connectivity index (χ1v) is 7.90. The van der Waals surface area contributed by atoms with Crippen molar-refractivity contribution >= 4 is 23.2 Å². The molecule has 3 aromatic rings. The van der Waals surface area contributed by atoms with Crippen molar-refractivity contribution in [2.24, 2.45) is 0 Å². The molecule has 9 heteroatoms. The van der Waals surface area contributed by atoms with Gasteiger partial charge >= 0.3 is 6.18 Å². The van der Waals surface area contributed by atoms with Crippen LogP contribution < -0.4 is 10.3 Å². The van der Waals surface area contributed by atoms with Crippen LogP contribution in [0, 0.1) is 0 Å². The van der Waals surface area contributed by atoms with Gasteiger partial charge in [-0.1, -0.05) is 29.3 Å². The van der Waals surface area contributed by atoms with Crippen molar-refractivity contribution in [3.8, 4) is 17.2 Å². The third-order valence-electron chi connectivity index (χ3n) is 3.35. The highest BCUT2D eigenvalue weighted by molar-refractivity contribution is 6.41. The fourth-order valence-corrected chi connectivity index (χ4v) is 2.38. The summed E-state index contributed by atoms with van der Waals surface area (Å²) in [5.74, 6) is 0.332. The lowest BCUT2D eigenvalue weighted by atomic mass is 10.2. The molecule has 0 bridgehead atoms. The van der Waals surface area contributed by atoms with Crippen molar-refractivity contribution < 1.29 is 17.9 Å². The van der Waals surface area contributed by atoms with Crippen LogP contribution in [0.15, 0.2) is 59.5 Å². The van der Waals surface area contributed by atoms with Crippen molar-refractivity contribution in [1.82, 2.24) is 9.78 Å². The maximum Gasteiger partial charge on any atom is 0.416 e. The molecule has 134 valence electrons. The lowest BCUT2D eigenvalue weighted by Gasteiger charge is -2.11. The van der Waals surface area contributed by atoms with Gasteiger partial charge in [-0.25, -0.2) is 0 Å². The number of halogens is 5. The molecule has 0 saturated heterocycles. The van der Waals surface area contributed by atoms with E-state index in [1.165, 1.54) is 42.6 Å². The maximum absolute atomic E-state index is 12.7. The first-order valence-electron chi connectivity index (χ1n) is 7.14. The van der Waals surface area contributed by atoms with Crippen LogP contribution in [-0.4, -0.2) is 9.78 Å². The maximum atomic E-state index is 12.7. The number of aromatic nitrogens is 2. The average molecular weight is 401 g/mol. The molecule has 26 heavy (non-hydrogen) atoms. The van der Waals surface area contributed by atoms with Gasteiger partial charge < -0.3 is 4.74 Å². The highest BCUT2D eigenvalue weighted by Crippen LogP contribution is 2.32. The minimum Gasteiger partial charge on any atom is -0.457 e. The molecule has 3 rings (SSSR count). The monoisotopic (exact) mass is 400 g/mol. The molecular formula is C17H9Cl2F3N2O2. The molecule has 0 N–H and O–H groups in total. The summed E-state index contributed by atoms with van der Waals surface area (Å²) >= 11 is 11.5. The molecule has 2 aromatic carbocycles. The van der Waals surface area contributed by atoms with Crippen molar-refractivity contribution in [3.63, 3.8) is 0 Å². The van der Waals surface area contributed by atoms with E-state index < -0.39 is 17.3 Å². The van der Waals surface area contributed by atoms with Crippen LogP contribution in [0.2, 0.25) is 10.0 Å². The average Bonchev–Trinajstić information content (AvgIpc) is 2.60.